The van der Waals surface area contributed by atoms with Crippen LogP contribution in [-0.4, -0.2) is 79.2 Å². The van der Waals surface area contributed by atoms with Gasteiger partial charge in [0.05, 0.1) is 52.9 Å². The zero-order valence-electron chi connectivity index (χ0n) is 21.9. The second-order valence-corrected chi connectivity index (χ2v) is 10.8. The van der Waals surface area contributed by atoms with E-state index < -0.39 is 5.41 Å². The Morgan fingerprint density at radius 1 is 0.974 bits per heavy atom. The molecule has 0 radical (unpaired) electrons. The van der Waals surface area contributed by atoms with Gasteiger partial charge in [-0.25, -0.2) is 4.98 Å². The predicted molar refractivity (Wildman–Crippen MR) is 148 cm³/mol. The molecule has 0 unspecified atom stereocenters. The molecule has 194 valence electrons. The number of nitrogens with zero attached hydrogens (tertiary/aromatic N) is 7. The van der Waals surface area contributed by atoms with E-state index in [2.05, 4.69) is 52.3 Å². The molecule has 5 aromatic heterocycles. The van der Waals surface area contributed by atoms with Crippen LogP contribution < -0.4 is 10.2 Å². The summed E-state index contributed by atoms with van der Waals surface area (Å²) in [6.07, 6.45) is 8.81. The fraction of sp³-hybridized carbons (Fsp3) is 0.333. The van der Waals surface area contributed by atoms with Crippen molar-refractivity contribution in [1.82, 2.24) is 40.0 Å². The molecule has 1 aliphatic heterocycles. The Bertz CT molecular complexity index is 1640. The number of imidazole rings is 1. The number of anilines is 2. The molecular formula is C27H30N10O. The van der Waals surface area contributed by atoms with Gasteiger partial charge in [-0.15, -0.1) is 0 Å². The normalized spacial score (nSPS) is 14.9. The van der Waals surface area contributed by atoms with Crippen molar-refractivity contribution in [3.05, 3.63) is 43.1 Å². The standard InChI is InChI=1S/C27H30N10O/c1-27(2,3)26(38)31-17-9-16(11-28-12-17)19-10-18-20(14-30-19)34-35-23(18)25-32-21-13-29-15-22(24(21)33-25)37-7-5-36(4)6-8-37/h9-15H,5-8H2,1-4H3,(H,31,38)(H,32,33)(H,34,35). The van der Waals surface area contributed by atoms with E-state index in [0.717, 1.165) is 65.1 Å². The summed E-state index contributed by atoms with van der Waals surface area (Å²) in [5, 5.41) is 11.4. The quantitative estimate of drug-likeness (QED) is 0.334. The average Bonchev–Trinajstić information content (AvgIpc) is 3.52. The molecule has 6 heterocycles. The minimum Gasteiger partial charge on any atom is -0.366 e. The van der Waals surface area contributed by atoms with E-state index in [0.29, 0.717) is 17.2 Å². The first-order chi connectivity index (χ1) is 18.3. The van der Waals surface area contributed by atoms with Crippen LogP contribution in [0.3, 0.4) is 0 Å². The Morgan fingerprint density at radius 2 is 1.76 bits per heavy atom. The van der Waals surface area contributed by atoms with Gasteiger partial charge < -0.3 is 20.1 Å². The van der Waals surface area contributed by atoms with Crippen molar-refractivity contribution in [2.75, 3.05) is 43.4 Å². The predicted octanol–water partition coefficient (Wildman–Crippen LogP) is 3.69. The molecule has 11 heteroatoms. The van der Waals surface area contributed by atoms with E-state index in [1.54, 1.807) is 24.8 Å². The summed E-state index contributed by atoms with van der Waals surface area (Å²) in [5.74, 6) is 0.586. The number of nitrogens with one attached hydrogen (secondary N) is 3. The molecule has 0 aromatic carbocycles. The third kappa shape index (κ3) is 4.45. The summed E-state index contributed by atoms with van der Waals surface area (Å²) in [6, 6.07) is 3.84. The lowest BCUT2D eigenvalue weighted by Gasteiger charge is -2.33. The number of aromatic amines is 2. The van der Waals surface area contributed by atoms with Crippen LogP contribution in [0.2, 0.25) is 0 Å². The number of hydrogen-bond acceptors (Lipinski definition) is 8. The lowest BCUT2D eigenvalue weighted by atomic mass is 9.95. The number of amides is 1. The Hall–Kier alpha value is -4.38. The number of rotatable bonds is 4. The number of fused-ring (bicyclic) bond motifs is 2. The van der Waals surface area contributed by atoms with Crippen LogP contribution in [0.15, 0.2) is 43.1 Å². The zero-order chi connectivity index (χ0) is 26.4. The highest BCUT2D eigenvalue weighted by atomic mass is 16.2. The van der Waals surface area contributed by atoms with E-state index in [1.165, 1.54) is 0 Å². The first-order valence-electron chi connectivity index (χ1n) is 12.6. The van der Waals surface area contributed by atoms with Crippen LogP contribution in [-0.2, 0) is 4.79 Å². The molecule has 1 amide bonds. The van der Waals surface area contributed by atoms with Gasteiger partial charge in [-0.05, 0) is 19.2 Å². The van der Waals surface area contributed by atoms with Crippen molar-refractivity contribution in [3.63, 3.8) is 0 Å². The fourth-order valence-corrected chi connectivity index (χ4v) is 4.53. The summed E-state index contributed by atoms with van der Waals surface area (Å²) in [4.78, 5) is 38.9. The monoisotopic (exact) mass is 510 g/mol. The third-order valence-electron chi connectivity index (χ3n) is 6.86. The first-order valence-corrected chi connectivity index (χ1v) is 12.6. The second kappa shape index (κ2) is 9.18. The molecule has 0 spiro atoms. The minimum absolute atomic E-state index is 0.0766. The molecule has 1 saturated heterocycles. The zero-order valence-corrected chi connectivity index (χ0v) is 21.9. The van der Waals surface area contributed by atoms with Crippen LogP contribution >= 0.6 is 0 Å². The van der Waals surface area contributed by atoms with Crippen LogP contribution in [0.1, 0.15) is 20.8 Å². The number of carbonyl (C=O) groups excluding carboxylic acids is 1. The minimum atomic E-state index is -0.509. The van der Waals surface area contributed by atoms with Gasteiger partial charge in [-0.2, -0.15) is 5.10 Å². The summed E-state index contributed by atoms with van der Waals surface area (Å²) >= 11 is 0. The number of hydrogen-bond donors (Lipinski definition) is 3. The van der Waals surface area contributed by atoms with E-state index in [-0.39, 0.29) is 5.91 Å². The number of carbonyl (C=O) groups is 1. The number of H-pyrrole nitrogens is 2. The third-order valence-corrected chi connectivity index (χ3v) is 6.86. The topological polar surface area (TPSA) is 132 Å². The van der Waals surface area contributed by atoms with Gasteiger partial charge in [0.2, 0.25) is 5.91 Å². The Morgan fingerprint density at radius 3 is 2.55 bits per heavy atom. The Balaban J connectivity index is 1.35. The van der Waals surface area contributed by atoms with Gasteiger partial charge in [0.25, 0.3) is 0 Å². The molecule has 3 N–H and O–H groups in total. The van der Waals surface area contributed by atoms with E-state index in [1.807, 2.05) is 39.1 Å². The molecule has 0 aliphatic carbocycles. The van der Waals surface area contributed by atoms with Crippen LogP contribution in [0.25, 0.3) is 44.7 Å². The molecule has 11 nitrogen and oxygen atoms in total. The maximum atomic E-state index is 12.4. The average molecular weight is 511 g/mol. The van der Waals surface area contributed by atoms with Crippen LogP contribution in [0.5, 0.6) is 0 Å². The van der Waals surface area contributed by atoms with Crippen molar-refractivity contribution in [2.24, 2.45) is 5.41 Å². The van der Waals surface area contributed by atoms with Crippen LogP contribution in [0.4, 0.5) is 11.4 Å². The number of piperazine rings is 1. The lowest BCUT2D eigenvalue weighted by molar-refractivity contribution is -0.123. The number of pyridine rings is 3. The maximum absolute atomic E-state index is 12.4. The Kier molecular flexibility index (Phi) is 5.79. The van der Waals surface area contributed by atoms with Gasteiger partial charge in [0, 0.05) is 48.7 Å². The molecule has 38 heavy (non-hydrogen) atoms. The van der Waals surface area contributed by atoms with E-state index in [9.17, 15) is 4.79 Å². The maximum Gasteiger partial charge on any atom is 0.229 e. The molecule has 0 saturated carbocycles. The molecule has 1 aliphatic rings. The van der Waals surface area contributed by atoms with Crippen molar-refractivity contribution in [1.29, 1.82) is 0 Å². The highest BCUT2D eigenvalue weighted by Crippen LogP contribution is 2.32. The molecular weight excluding hydrogens is 480 g/mol. The first kappa shape index (κ1) is 24.0. The van der Waals surface area contributed by atoms with E-state index in [4.69, 9.17) is 4.98 Å². The molecule has 5 aromatic rings. The van der Waals surface area contributed by atoms with Gasteiger partial charge in [0.1, 0.15) is 11.2 Å². The fourth-order valence-electron chi connectivity index (χ4n) is 4.53. The summed E-state index contributed by atoms with van der Waals surface area (Å²) < 4.78 is 0. The summed E-state index contributed by atoms with van der Waals surface area (Å²) in [7, 11) is 2.14. The molecule has 1 fully saturated rings. The Labute approximate surface area is 219 Å². The largest absolute Gasteiger partial charge is 0.366 e. The summed E-state index contributed by atoms with van der Waals surface area (Å²) in [6.45, 7) is 9.49. The second-order valence-electron chi connectivity index (χ2n) is 10.8. The van der Waals surface area contributed by atoms with Crippen molar-refractivity contribution in [2.45, 2.75) is 20.8 Å². The van der Waals surface area contributed by atoms with Gasteiger partial charge >= 0.3 is 0 Å². The van der Waals surface area contributed by atoms with Crippen molar-refractivity contribution < 1.29 is 4.79 Å². The smallest absolute Gasteiger partial charge is 0.229 e. The number of likely N-dealkylation sites (N-methyl/N-ethyl adjacent to an activating group) is 1. The van der Waals surface area contributed by atoms with Crippen LogP contribution in [0, 0.1) is 5.41 Å². The van der Waals surface area contributed by atoms with Crippen molar-refractivity contribution >= 4 is 39.2 Å². The number of aromatic nitrogens is 7. The lowest BCUT2D eigenvalue weighted by Crippen LogP contribution is -2.44. The van der Waals surface area contributed by atoms with Crippen molar-refractivity contribution in [3.8, 4) is 22.8 Å². The molecule has 6 rings (SSSR count). The van der Waals surface area contributed by atoms with Gasteiger partial charge in [-0.3, -0.25) is 24.8 Å². The summed E-state index contributed by atoms with van der Waals surface area (Å²) in [5.41, 5.74) is 5.90. The highest BCUT2D eigenvalue weighted by Gasteiger charge is 2.22. The van der Waals surface area contributed by atoms with E-state index >= 15 is 0 Å². The highest BCUT2D eigenvalue weighted by molar-refractivity contribution is 5.97. The van der Waals surface area contributed by atoms with Gasteiger partial charge in [-0.1, -0.05) is 20.8 Å². The molecule has 0 bridgehead atoms. The molecule has 0 atom stereocenters. The van der Waals surface area contributed by atoms with Gasteiger partial charge in [0.15, 0.2) is 5.82 Å². The SMILES string of the molecule is CN1CCN(c2cncc3[nH]c(-c4n[nH]c5cnc(-c6cncc(NC(=O)C(C)(C)C)c6)cc45)nc23)CC1.